The van der Waals surface area contributed by atoms with Gasteiger partial charge in [-0.15, -0.1) is 11.3 Å². The molecule has 4 heteroatoms. The molecule has 0 bridgehead atoms. The molecule has 2 heterocycles. The molecule has 5 aromatic carbocycles. The van der Waals surface area contributed by atoms with Crippen molar-refractivity contribution in [2.75, 3.05) is 4.90 Å². The van der Waals surface area contributed by atoms with Gasteiger partial charge in [0.05, 0.1) is 10.2 Å². The maximum Gasteiger partial charge on any atom is 0.0612 e. The number of allylic oxidation sites excluding steroid dienone is 15. The lowest BCUT2D eigenvalue weighted by molar-refractivity contribution is 0.585. The molecule has 1 N–H and O–H groups in total. The van der Waals surface area contributed by atoms with Gasteiger partial charge in [0.15, 0.2) is 0 Å². The topological polar surface area (TPSA) is 19.0 Å². The van der Waals surface area contributed by atoms with E-state index in [2.05, 4.69) is 222 Å². The molecular weight excluding hydrogens is 813 g/mol. The van der Waals surface area contributed by atoms with Crippen LogP contribution in [-0.2, 0) is 5.41 Å². The molecule has 3 atom stereocenters. The summed E-state index contributed by atoms with van der Waals surface area (Å²) in [6.07, 6.45) is 28.5. The number of halogens is 1. The second-order valence-corrected chi connectivity index (χ2v) is 18.8. The Bertz CT molecular complexity index is 3110. The number of anilines is 1. The van der Waals surface area contributed by atoms with Crippen molar-refractivity contribution >= 4 is 75.2 Å². The van der Waals surface area contributed by atoms with Gasteiger partial charge in [0.25, 0.3) is 0 Å². The van der Waals surface area contributed by atoms with Crippen LogP contribution in [0.3, 0.4) is 0 Å². The summed E-state index contributed by atoms with van der Waals surface area (Å²) in [5.41, 5.74) is 14.9. The minimum Gasteiger partial charge on any atom is -0.354 e. The second-order valence-electron chi connectivity index (χ2n) is 16.9. The van der Waals surface area contributed by atoms with E-state index in [-0.39, 0.29) is 5.41 Å². The van der Waals surface area contributed by atoms with E-state index in [0.717, 1.165) is 34.9 Å². The molecule has 2 aromatic heterocycles. The van der Waals surface area contributed by atoms with Gasteiger partial charge < -0.3 is 9.88 Å². The van der Waals surface area contributed by atoms with Crippen LogP contribution in [0.5, 0.6) is 0 Å². The van der Waals surface area contributed by atoms with E-state index >= 15 is 0 Å². The quantitative estimate of drug-likeness (QED) is 0.169. The van der Waals surface area contributed by atoms with Crippen molar-refractivity contribution in [3.63, 3.8) is 0 Å². The molecule has 0 radical (unpaired) electrons. The molecule has 0 aliphatic heterocycles. The zero-order valence-corrected chi connectivity index (χ0v) is 36.2. The van der Waals surface area contributed by atoms with Gasteiger partial charge in [-0.1, -0.05) is 153 Å². The average molecular weight is 858 g/mol. The van der Waals surface area contributed by atoms with Crippen molar-refractivity contribution < 1.29 is 0 Å². The number of hydrogen-bond donors (Lipinski definition) is 1. The first kappa shape index (κ1) is 37.1. The SMILES string of the molecule is CC1C=CC(c2[nH]c3ccc(-c4ccc(C5=CCCC(N(C6=CCC(C)(c7ccccc7)C=C6)c6ccc7c(c6)sc6ccccc67)=C5)cc4)cc3c2Br)=C2C=CC=CC21. The molecule has 0 saturated heterocycles. The summed E-state index contributed by atoms with van der Waals surface area (Å²) in [6, 6.07) is 42.7. The van der Waals surface area contributed by atoms with E-state index in [1.54, 1.807) is 0 Å². The number of aromatic amines is 1. The maximum atomic E-state index is 4.02. The van der Waals surface area contributed by atoms with Gasteiger partial charge in [0, 0.05) is 65.1 Å². The van der Waals surface area contributed by atoms with Gasteiger partial charge in [-0.3, -0.25) is 0 Å². The number of thiophene rings is 1. The fourth-order valence-electron chi connectivity index (χ4n) is 9.68. The van der Waals surface area contributed by atoms with Crippen molar-refractivity contribution in [3.05, 3.63) is 220 Å². The summed E-state index contributed by atoms with van der Waals surface area (Å²) in [6.45, 7) is 4.65. The minimum absolute atomic E-state index is 0.0405. The van der Waals surface area contributed by atoms with Crippen molar-refractivity contribution in [1.29, 1.82) is 0 Å². The summed E-state index contributed by atoms with van der Waals surface area (Å²) in [4.78, 5) is 6.27. The number of benzene rings is 5. The molecule has 11 rings (SSSR count). The van der Waals surface area contributed by atoms with Crippen LogP contribution in [0.1, 0.15) is 49.9 Å². The Kier molecular flexibility index (Phi) is 9.24. The summed E-state index contributed by atoms with van der Waals surface area (Å²) in [5, 5.41) is 3.86. The summed E-state index contributed by atoms with van der Waals surface area (Å²) in [7, 11) is 0. The zero-order valence-electron chi connectivity index (χ0n) is 33.8. The molecule has 3 unspecified atom stereocenters. The first-order chi connectivity index (χ1) is 29.4. The van der Waals surface area contributed by atoms with Crippen molar-refractivity contribution in [1.82, 2.24) is 4.98 Å². The number of nitrogens with one attached hydrogen (secondary N) is 1. The highest BCUT2D eigenvalue weighted by Crippen LogP contribution is 2.44. The third kappa shape index (κ3) is 6.45. The maximum absolute atomic E-state index is 4.02. The highest BCUT2D eigenvalue weighted by atomic mass is 79.9. The lowest BCUT2D eigenvalue weighted by atomic mass is 9.77. The predicted molar refractivity (Wildman–Crippen MR) is 261 cm³/mol. The smallest absolute Gasteiger partial charge is 0.0612 e. The lowest BCUT2D eigenvalue weighted by Gasteiger charge is -2.35. The van der Waals surface area contributed by atoms with E-state index < -0.39 is 0 Å². The van der Waals surface area contributed by atoms with Crippen LogP contribution in [0, 0.1) is 11.8 Å². The molecule has 4 aliphatic carbocycles. The van der Waals surface area contributed by atoms with E-state index in [1.165, 1.54) is 81.6 Å². The molecule has 0 amide bonds. The number of H-pyrrole nitrogens is 1. The van der Waals surface area contributed by atoms with Crippen LogP contribution in [0.15, 0.2) is 204 Å². The summed E-state index contributed by atoms with van der Waals surface area (Å²) in [5.74, 6) is 0.892. The number of rotatable bonds is 7. The number of aromatic nitrogens is 1. The highest BCUT2D eigenvalue weighted by molar-refractivity contribution is 9.10. The molecule has 7 aromatic rings. The van der Waals surface area contributed by atoms with Gasteiger partial charge >= 0.3 is 0 Å². The van der Waals surface area contributed by atoms with Crippen molar-refractivity contribution in [2.24, 2.45) is 11.8 Å². The monoisotopic (exact) mass is 856 g/mol. The Balaban J connectivity index is 0.914. The van der Waals surface area contributed by atoms with Gasteiger partial charge in [0.1, 0.15) is 0 Å². The van der Waals surface area contributed by atoms with E-state index in [4.69, 9.17) is 0 Å². The average Bonchev–Trinajstić information content (AvgIpc) is 3.84. The number of nitrogens with zero attached hydrogens (tertiary/aromatic N) is 1. The molecule has 2 nitrogen and oxygen atoms in total. The Morgan fingerprint density at radius 3 is 2.38 bits per heavy atom. The Morgan fingerprint density at radius 2 is 1.53 bits per heavy atom. The Hall–Kier alpha value is -5.94. The fourth-order valence-corrected chi connectivity index (χ4v) is 11.5. The van der Waals surface area contributed by atoms with Crippen LogP contribution in [0.4, 0.5) is 5.69 Å². The van der Waals surface area contributed by atoms with E-state index in [1.807, 2.05) is 11.3 Å². The largest absolute Gasteiger partial charge is 0.354 e. The first-order valence-electron chi connectivity index (χ1n) is 21.2. The summed E-state index contributed by atoms with van der Waals surface area (Å²) < 4.78 is 3.77. The van der Waals surface area contributed by atoms with Gasteiger partial charge in [0.2, 0.25) is 0 Å². The molecule has 0 fully saturated rings. The van der Waals surface area contributed by atoms with Gasteiger partial charge in [-0.25, -0.2) is 0 Å². The lowest BCUT2D eigenvalue weighted by Crippen LogP contribution is -2.27. The van der Waals surface area contributed by atoms with Crippen LogP contribution < -0.4 is 4.90 Å². The van der Waals surface area contributed by atoms with Crippen LogP contribution >= 0.6 is 27.3 Å². The highest BCUT2D eigenvalue weighted by Gasteiger charge is 2.29. The molecule has 4 aliphatic rings. The van der Waals surface area contributed by atoms with E-state index in [0.29, 0.717) is 11.8 Å². The Labute approximate surface area is 364 Å². The number of hydrogen-bond acceptors (Lipinski definition) is 2. The van der Waals surface area contributed by atoms with E-state index in [9.17, 15) is 0 Å². The van der Waals surface area contributed by atoms with Gasteiger partial charge in [-0.2, -0.15) is 0 Å². The van der Waals surface area contributed by atoms with Crippen LogP contribution in [-0.4, -0.2) is 4.98 Å². The van der Waals surface area contributed by atoms with Crippen LogP contribution in [0.25, 0.3) is 53.3 Å². The predicted octanol–water partition coefficient (Wildman–Crippen LogP) is 16.0. The first-order valence-corrected chi connectivity index (χ1v) is 22.8. The third-order valence-corrected chi connectivity index (χ3v) is 15.1. The van der Waals surface area contributed by atoms with Crippen molar-refractivity contribution in [2.45, 2.75) is 38.5 Å². The minimum atomic E-state index is -0.0405. The summed E-state index contributed by atoms with van der Waals surface area (Å²) >= 11 is 5.91. The fraction of sp³-hybridized carbons (Fsp3) is 0.143. The molecule has 60 heavy (non-hydrogen) atoms. The third-order valence-electron chi connectivity index (χ3n) is 13.1. The normalized spacial score (nSPS) is 21.1. The second kappa shape index (κ2) is 15.0. The van der Waals surface area contributed by atoms with Crippen LogP contribution in [0.2, 0.25) is 0 Å². The van der Waals surface area contributed by atoms with Crippen molar-refractivity contribution in [3.8, 4) is 11.1 Å². The molecule has 0 saturated carbocycles. The molecule has 0 spiro atoms. The number of fused-ring (bicyclic) bond motifs is 5. The molecule has 292 valence electrons. The zero-order chi connectivity index (χ0) is 40.4. The standard InChI is InChI=1S/C56H45BrN2S/c1-36-19-26-49(46-16-7-6-15-45(36)46)55-54(57)50-34-40(24-28-51(50)58-55)38-22-20-37(21-23-38)39-11-10-14-43(33-39)59(42-29-31-56(2,32-30-42)41-12-4-3-5-13-41)44-25-27-48-47-17-8-9-18-52(47)60-53(48)35-44/h3-9,11-13,15-31,33-36,45,58H,10,14,32H2,1-2H3. The van der Waals surface area contributed by atoms with Gasteiger partial charge in [-0.05, 0) is 117 Å². The molecular formula is C56H45BrN2S. The Morgan fingerprint density at radius 1 is 0.733 bits per heavy atom.